The molecule has 0 aliphatic heterocycles. The Bertz CT molecular complexity index is 613. The fourth-order valence-corrected chi connectivity index (χ4v) is 2.13. The highest BCUT2D eigenvalue weighted by Gasteiger charge is 2.12. The lowest BCUT2D eigenvalue weighted by Gasteiger charge is -2.17. The lowest BCUT2D eigenvalue weighted by Crippen LogP contribution is -2.29. The maximum atomic E-state index is 12.4. The number of carbonyl (C=O) groups is 1. The largest absolute Gasteiger partial charge is 0.368 e. The number of amides is 1. The Morgan fingerprint density at radius 2 is 2.00 bits per heavy atom. The second-order valence-electron chi connectivity index (χ2n) is 5.72. The van der Waals surface area contributed by atoms with E-state index in [-0.39, 0.29) is 5.91 Å². The van der Waals surface area contributed by atoms with Crippen LogP contribution < -0.4 is 5.32 Å². The van der Waals surface area contributed by atoms with Gasteiger partial charge in [0.1, 0.15) is 5.82 Å². The number of nitrogens with zero attached hydrogens (tertiary/aromatic N) is 3. The minimum absolute atomic E-state index is 0.0124. The maximum Gasteiger partial charge on any atom is 0.255 e. The summed E-state index contributed by atoms with van der Waals surface area (Å²) >= 11 is 0. The van der Waals surface area contributed by atoms with E-state index in [9.17, 15) is 4.79 Å². The molecule has 0 saturated heterocycles. The molecule has 122 valence electrons. The van der Waals surface area contributed by atoms with Gasteiger partial charge in [-0.2, -0.15) is 0 Å². The summed E-state index contributed by atoms with van der Waals surface area (Å²) in [4.78, 5) is 22.4. The molecule has 0 bridgehead atoms. The molecule has 1 amide bonds. The van der Waals surface area contributed by atoms with E-state index in [2.05, 4.69) is 29.1 Å². The Morgan fingerprint density at radius 1 is 1.26 bits per heavy atom. The Labute approximate surface area is 137 Å². The lowest BCUT2D eigenvalue weighted by molar-refractivity contribution is 0.0796. The van der Waals surface area contributed by atoms with Gasteiger partial charge < -0.3 is 10.2 Å². The van der Waals surface area contributed by atoms with Gasteiger partial charge in [0, 0.05) is 38.2 Å². The van der Waals surface area contributed by atoms with Crippen LogP contribution in [0.3, 0.4) is 0 Å². The Hall–Kier alpha value is -2.43. The zero-order valence-corrected chi connectivity index (χ0v) is 14.0. The van der Waals surface area contributed by atoms with Gasteiger partial charge in [0.25, 0.3) is 5.91 Å². The van der Waals surface area contributed by atoms with Crippen LogP contribution >= 0.6 is 0 Å². The summed E-state index contributed by atoms with van der Waals surface area (Å²) in [5.74, 6) is 0.789. The van der Waals surface area contributed by atoms with Crippen LogP contribution in [0.4, 0.5) is 5.82 Å². The fraction of sp³-hybridized carbons (Fsp3) is 0.389. The Kier molecular flexibility index (Phi) is 6.09. The van der Waals surface area contributed by atoms with Crippen molar-refractivity contribution in [1.82, 2.24) is 14.9 Å². The first kappa shape index (κ1) is 16.9. The van der Waals surface area contributed by atoms with Crippen molar-refractivity contribution >= 4 is 11.7 Å². The molecule has 2 aromatic heterocycles. The summed E-state index contributed by atoms with van der Waals surface area (Å²) in [5.41, 5.74) is 1.78. The number of hydrogen-bond donors (Lipinski definition) is 1. The van der Waals surface area contributed by atoms with Gasteiger partial charge in [-0.15, -0.1) is 0 Å². The van der Waals surface area contributed by atoms with Crippen LogP contribution in [0.15, 0.2) is 42.9 Å². The van der Waals surface area contributed by atoms with Crippen molar-refractivity contribution in [2.24, 2.45) is 0 Å². The van der Waals surface area contributed by atoms with Crippen molar-refractivity contribution in [3.63, 3.8) is 0 Å². The summed E-state index contributed by atoms with van der Waals surface area (Å²) < 4.78 is 0. The van der Waals surface area contributed by atoms with E-state index >= 15 is 0 Å². The molecule has 0 aliphatic carbocycles. The van der Waals surface area contributed by atoms with Crippen LogP contribution in [0.5, 0.6) is 0 Å². The third kappa shape index (κ3) is 5.06. The van der Waals surface area contributed by atoms with Gasteiger partial charge in [0.2, 0.25) is 0 Å². The van der Waals surface area contributed by atoms with Crippen LogP contribution in [0.2, 0.25) is 0 Å². The van der Waals surface area contributed by atoms with Crippen molar-refractivity contribution in [3.8, 4) is 0 Å². The zero-order valence-electron chi connectivity index (χ0n) is 14.0. The van der Waals surface area contributed by atoms with E-state index in [1.54, 1.807) is 23.5 Å². The molecule has 2 aromatic rings. The standard InChI is InChI=1S/C18H24N4O/c1-4-14(2)21-17-6-5-16(13-20-17)18(23)22(3)12-9-15-7-10-19-11-8-15/h5-8,10-11,13-14H,4,9,12H2,1-3H3,(H,20,21). The molecule has 0 saturated carbocycles. The first-order valence-electron chi connectivity index (χ1n) is 7.97. The molecule has 0 spiro atoms. The van der Waals surface area contributed by atoms with E-state index in [1.807, 2.05) is 31.3 Å². The van der Waals surface area contributed by atoms with Crippen LogP contribution in [0.25, 0.3) is 0 Å². The molecular weight excluding hydrogens is 288 g/mol. The number of pyridine rings is 2. The summed E-state index contributed by atoms with van der Waals surface area (Å²) in [6.07, 6.45) is 7.01. The average molecular weight is 312 g/mol. The third-order valence-electron chi connectivity index (χ3n) is 3.85. The molecule has 0 aromatic carbocycles. The monoisotopic (exact) mass is 312 g/mol. The molecule has 1 unspecified atom stereocenters. The van der Waals surface area contributed by atoms with Crippen molar-refractivity contribution in [1.29, 1.82) is 0 Å². The number of nitrogens with one attached hydrogen (secondary N) is 1. The normalized spacial score (nSPS) is 11.8. The fourth-order valence-electron chi connectivity index (χ4n) is 2.13. The van der Waals surface area contributed by atoms with Crippen LogP contribution in [-0.4, -0.2) is 40.4 Å². The van der Waals surface area contributed by atoms with E-state index < -0.39 is 0 Å². The van der Waals surface area contributed by atoms with Gasteiger partial charge in [-0.25, -0.2) is 4.98 Å². The predicted molar refractivity (Wildman–Crippen MR) is 92.5 cm³/mol. The average Bonchev–Trinajstić information content (AvgIpc) is 2.60. The smallest absolute Gasteiger partial charge is 0.255 e. The number of aromatic nitrogens is 2. The highest BCUT2D eigenvalue weighted by molar-refractivity contribution is 5.93. The summed E-state index contributed by atoms with van der Waals surface area (Å²) in [6.45, 7) is 4.89. The second-order valence-corrected chi connectivity index (χ2v) is 5.72. The van der Waals surface area contributed by atoms with Gasteiger partial charge in [0.05, 0.1) is 5.56 Å². The molecule has 0 fully saturated rings. The van der Waals surface area contributed by atoms with Gasteiger partial charge in [-0.3, -0.25) is 9.78 Å². The molecule has 23 heavy (non-hydrogen) atoms. The molecule has 5 nitrogen and oxygen atoms in total. The van der Waals surface area contributed by atoms with E-state index in [0.717, 1.165) is 18.7 Å². The number of likely N-dealkylation sites (N-methyl/N-ethyl adjacent to an activating group) is 1. The topological polar surface area (TPSA) is 58.1 Å². The van der Waals surface area contributed by atoms with Gasteiger partial charge in [-0.05, 0) is 49.6 Å². The van der Waals surface area contributed by atoms with Crippen molar-refractivity contribution in [2.45, 2.75) is 32.7 Å². The van der Waals surface area contributed by atoms with Crippen LogP contribution in [0.1, 0.15) is 36.2 Å². The maximum absolute atomic E-state index is 12.4. The molecular formula is C18H24N4O. The number of anilines is 1. The summed E-state index contributed by atoms with van der Waals surface area (Å²) in [7, 11) is 1.81. The first-order chi connectivity index (χ1) is 11.1. The van der Waals surface area contributed by atoms with E-state index in [4.69, 9.17) is 0 Å². The zero-order chi connectivity index (χ0) is 16.7. The van der Waals surface area contributed by atoms with Crippen molar-refractivity contribution < 1.29 is 4.79 Å². The molecule has 0 aliphatic rings. The van der Waals surface area contributed by atoms with E-state index in [0.29, 0.717) is 18.2 Å². The highest BCUT2D eigenvalue weighted by atomic mass is 16.2. The quantitative estimate of drug-likeness (QED) is 0.854. The van der Waals surface area contributed by atoms with Crippen molar-refractivity contribution in [2.75, 3.05) is 18.9 Å². The van der Waals surface area contributed by atoms with Crippen LogP contribution in [-0.2, 0) is 6.42 Å². The Morgan fingerprint density at radius 3 is 2.61 bits per heavy atom. The first-order valence-corrected chi connectivity index (χ1v) is 7.97. The molecule has 2 rings (SSSR count). The molecule has 1 N–H and O–H groups in total. The molecule has 5 heteroatoms. The third-order valence-corrected chi connectivity index (χ3v) is 3.85. The van der Waals surface area contributed by atoms with Gasteiger partial charge >= 0.3 is 0 Å². The number of rotatable bonds is 7. The minimum atomic E-state index is -0.0124. The summed E-state index contributed by atoms with van der Waals surface area (Å²) in [6, 6.07) is 7.98. The van der Waals surface area contributed by atoms with E-state index in [1.165, 1.54) is 5.56 Å². The summed E-state index contributed by atoms with van der Waals surface area (Å²) in [5, 5.41) is 3.29. The van der Waals surface area contributed by atoms with Crippen LogP contribution in [0, 0.1) is 0 Å². The van der Waals surface area contributed by atoms with Crippen molar-refractivity contribution in [3.05, 3.63) is 54.0 Å². The SMILES string of the molecule is CCC(C)Nc1ccc(C(=O)N(C)CCc2ccncc2)cn1. The second kappa shape index (κ2) is 8.27. The van der Waals surface area contributed by atoms with Gasteiger partial charge in [0.15, 0.2) is 0 Å². The predicted octanol–water partition coefficient (Wildman–Crippen LogP) is 3.00. The molecule has 0 radical (unpaired) electrons. The minimum Gasteiger partial charge on any atom is -0.368 e. The molecule has 2 heterocycles. The van der Waals surface area contributed by atoms with Gasteiger partial charge in [-0.1, -0.05) is 6.92 Å². The number of carbonyl (C=O) groups excluding carboxylic acids is 1. The molecule has 1 atom stereocenters. The number of hydrogen-bond acceptors (Lipinski definition) is 4. The highest BCUT2D eigenvalue weighted by Crippen LogP contribution is 2.10. The Balaban J connectivity index is 1.91. The lowest BCUT2D eigenvalue weighted by atomic mass is 10.2.